The molecule has 96 valence electrons. The van der Waals surface area contributed by atoms with E-state index in [-0.39, 0.29) is 6.54 Å². The lowest BCUT2D eigenvalue weighted by atomic mass is 10.0. The van der Waals surface area contributed by atoms with E-state index in [1.165, 1.54) is 21.1 Å². The Balaban J connectivity index is 3.34. The SMILES string of the molecule is COc1cc(C(O)CN)cc(C(C)F)c1OC. The molecule has 2 atom stereocenters. The first-order valence-corrected chi connectivity index (χ1v) is 5.33. The molecule has 1 aromatic carbocycles. The fourth-order valence-corrected chi connectivity index (χ4v) is 1.64. The minimum atomic E-state index is -1.22. The van der Waals surface area contributed by atoms with Crippen molar-refractivity contribution in [2.75, 3.05) is 20.8 Å². The van der Waals surface area contributed by atoms with Crippen molar-refractivity contribution in [3.8, 4) is 11.5 Å². The Morgan fingerprint density at radius 1 is 1.35 bits per heavy atom. The summed E-state index contributed by atoms with van der Waals surface area (Å²) in [6.07, 6.45) is -2.06. The minimum Gasteiger partial charge on any atom is -0.493 e. The second-order valence-corrected chi connectivity index (χ2v) is 3.71. The number of ether oxygens (including phenoxy) is 2. The van der Waals surface area contributed by atoms with E-state index in [4.69, 9.17) is 15.2 Å². The van der Waals surface area contributed by atoms with Crippen molar-refractivity contribution in [2.24, 2.45) is 5.73 Å². The highest BCUT2D eigenvalue weighted by Gasteiger charge is 2.19. The van der Waals surface area contributed by atoms with Gasteiger partial charge in [0.1, 0.15) is 6.17 Å². The standard InChI is InChI=1S/C12H18FNO3/c1-7(13)9-4-8(10(15)6-14)5-11(16-2)12(9)17-3/h4-5,7,10,15H,6,14H2,1-3H3. The Bertz CT molecular complexity index is 382. The molecule has 0 saturated heterocycles. The molecule has 1 rings (SSSR count). The van der Waals surface area contributed by atoms with Crippen LogP contribution in [0.1, 0.15) is 30.3 Å². The van der Waals surface area contributed by atoms with Crippen LogP contribution in [0.25, 0.3) is 0 Å². The molecule has 17 heavy (non-hydrogen) atoms. The molecule has 0 aliphatic carbocycles. The Morgan fingerprint density at radius 2 is 2.00 bits per heavy atom. The number of rotatable bonds is 5. The van der Waals surface area contributed by atoms with Crippen molar-refractivity contribution in [2.45, 2.75) is 19.2 Å². The molecule has 0 aromatic heterocycles. The van der Waals surface area contributed by atoms with Gasteiger partial charge in [-0.15, -0.1) is 0 Å². The maximum atomic E-state index is 13.5. The lowest BCUT2D eigenvalue weighted by Gasteiger charge is -2.17. The van der Waals surface area contributed by atoms with E-state index < -0.39 is 12.3 Å². The van der Waals surface area contributed by atoms with E-state index in [1.807, 2.05) is 0 Å². The lowest BCUT2D eigenvalue weighted by molar-refractivity contribution is 0.185. The first-order chi connectivity index (χ1) is 8.04. The van der Waals surface area contributed by atoms with E-state index in [0.717, 1.165) is 0 Å². The van der Waals surface area contributed by atoms with Crippen molar-refractivity contribution in [3.63, 3.8) is 0 Å². The molecular weight excluding hydrogens is 225 g/mol. The zero-order valence-electron chi connectivity index (χ0n) is 10.2. The van der Waals surface area contributed by atoms with E-state index in [0.29, 0.717) is 22.6 Å². The van der Waals surface area contributed by atoms with Crippen LogP contribution in [-0.4, -0.2) is 25.9 Å². The first-order valence-electron chi connectivity index (χ1n) is 5.33. The average molecular weight is 243 g/mol. The van der Waals surface area contributed by atoms with E-state index in [9.17, 15) is 9.50 Å². The van der Waals surface area contributed by atoms with Gasteiger partial charge in [0.05, 0.1) is 20.3 Å². The second kappa shape index (κ2) is 5.84. The van der Waals surface area contributed by atoms with Crippen LogP contribution in [0.4, 0.5) is 4.39 Å². The number of methoxy groups -OCH3 is 2. The fraction of sp³-hybridized carbons (Fsp3) is 0.500. The lowest BCUT2D eigenvalue weighted by Crippen LogP contribution is -2.12. The van der Waals surface area contributed by atoms with E-state index >= 15 is 0 Å². The molecular formula is C12H18FNO3. The van der Waals surface area contributed by atoms with Crippen LogP contribution in [0.3, 0.4) is 0 Å². The molecule has 0 radical (unpaired) electrons. The Kier molecular flexibility index (Phi) is 4.72. The summed E-state index contributed by atoms with van der Waals surface area (Å²) in [6.45, 7) is 1.46. The summed E-state index contributed by atoms with van der Waals surface area (Å²) in [6, 6.07) is 3.14. The molecule has 0 heterocycles. The van der Waals surface area contributed by atoms with Crippen LogP contribution in [-0.2, 0) is 0 Å². The van der Waals surface area contributed by atoms with E-state index in [1.54, 1.807) is 12.1 Å². The third-order valence-corrected chi connectivity index (χ3v) is 2.57. The number of alkyl halides is 1. The van der Waals surface area contributed by atoms with Crippen molar-refractivity contribution >= 4 is 0 Å². The summed E-state index contributed by atoms with van der Waals surface area (Å²) in [5.41, 5.74) is 6.24. The number of benzene rings is 1. The molecule has 2 unspecified atom stereocenters. The molecule has 0 aliphatic heterocycles. The maximum Gasteiger partial charge on any atom is 0.166 e. The highest BCUT2D eigenvalue weighted by Crippen LogP contribution is 2.38. The zero-order valence-corrected chi connectivity index (χ0v) is 10.2. The summed E-state index contributed by atoms with van der Waals surface area (Å²) in [5, 5.41) is 9.68. The van der Waals surface area contributed by atoms with Gasteiger partial charge < -0.3 is 20.3 Å². The Labute approximate surface area is 100 Å². The summed E-state index contributed by atoms with van der Waals surface area (Å²) >= 11 is 0. The van der Waals surface area contributed by atoms with Gasteiger partial charge in [0, 0.05) is 12.1 Å². The van der Waals surface area contributed by atoms with E-state index in [2.05, 4.69) is 0 Å². The molecule has 0 spiro atoms. The maximum absolute atomic E-state index is 13.5. The van der Waals surface area contributed by atoms with Gasteiger partial charge >= 0.3 is 0 Å². The number of aliphatic hydroxyl groups excluding tert-OH is 1. The average Bonchev–Trinajstić information content (AvgIpc) is 2.35. The summed E-state index contributed by atoms with van der Waals surface area (Å²) < 4.78 is 23.7. The van der Waals surface area contributed by atoms with Crippen molar-refractivity contribution in [1.29, 1.82) is 0 Å². The predicted molar refractivity (Wildman–Crippen MR) is 63.1 cm³/mol. The van der Waals surface area contributed by atoms with Gasteiger partial charge in [-0.05, 0) is 24.6 Å². The minimum absolute atomic E-state index is 0.0651. The largest absolute Gasteiger partial charge is 0.493 e. The summed E-state index contributed by atoms with van der Waals surface area (Å²) in [7, 11) is 2.91. The smallest absolute Gasteiger partial charge is 0.166 e. The normalized spacial score (nSPS) is 14.2. The van der Waals surface area contributed by atoms with Gasteiger partial charge in [-0.2, -0.15) is 0 Å². The molecule has 4 nitrogen and oxygen atoms in total. The number of aliphatic hydroxyl groups is 1. The van der Waals surface area contributed by atoms with Crippen molar-refractivity contribution in [1.82, 2.24) is 0 Å². The van der Waals surface area contributed by atoms with Gasteiger partial charge in [-0.25, -0.2) is 4.39 Å². The predicted octanol–water partition coefficient (Wildman–Crippen LogP) is 1.73. The second-order valence-electron chi connectivity index (χ2n) is 3.71. The van der Waals surface area contributed by atoms with Crippen LogP contribution < -0.4 is 15.2 Å². The first kappa shape index (κ1) is 13.7. The van der Waals surface area contributed by atoms with Gasteiger partial charge in [0.15, 0.2) is 11.5 Å². The molecule has 5 heteroatoms. The molecule has 0 fully saturated rings. The zero-order chi connectivity index (χ0) is 13.0. The number of hydrogen-bond donors (Lipinski definition) is 2. The molecule has 3 N–H and O–H groups in total. The topological polar surface area (TPSA) is 64.7 Å². The molecule has 0 amide bonds. The quantitative estimate of drug-likeness (QED) is 0.826. The molecule has 0 bridgehead atoms. The number of nitrogens with two attached hydrogens (primary N) is 1. The van der Waals surface area contributed by atoms with Crippen molar-refractivity contribution in [3.05, 3.63) is 23.3 Å². The third-order valence-electron chi connectivity index (χ3n) is 2.57. The van der Waals surface area contributed by atoms with Crippen LogP contribution in [0.15, 0.2) is 12.1 Å². The van der Waals surface area contributed by atoms with Crippen LogP contribution in [0.5, 0.6) is 11.5 Å². The fourth-order valence-electron chi connectivity index (χ4n) is 1.64. The van der Waals surface area contributed by atoms with Gasteiger partial charge in [-0.3, -0.25) is 0 Å². The Morgan fingerprint density at radius 3 is 2.41 bits per heavy atom. The van der Waals surface area contributed by atoms with Crippen molar-refractivity contribution < 1.29 is 19.0 Å². The highest BCUT2D eigenvalue weighted by atomic mass is 19.1. The van der Waals surface area contributed by atoms with Gasteiger partial charge in [-0.1, -0.05) is 0 Å². The highest BCUT2D eigenvalue weighted by molar-refractivity contribution is 5.51. The summed E-state index contributed by atoms with van der Waals surface area (Å²) in [4.78, 5) is 0. The summed E-state index contributed by atoms with van der Waals surface area (Å²) in [5.74, 6) is 0.729. The molecule has 0 aliphatic rings. The van der Waals surface area contributed by atoms with Crippen LogP contribution >= 0.6 is 0 Å². The van der Waals surface area contributed by atoms with Gasteiger partial charge in [0.25, 0.3) is 0 Å². The van der Waals surface area contributed by atoms with Gasteiger partial charge in [0.2, 0.25) is 0 Å². The number of hydrogen-bond acceptors (Lipinski definition) is 4. The molecule has 1 aromatic rings. The monoisotopic (exact) mass is 243 g/mol. The number of halogens is 1. The molecule has 0 saturated carbocycles. The van der Waals surface area contributed by atoms with Crippen LogP contribution in [0.2, 0.25) is 0 Å². The van der Waals surface area contributed by atoms with Crippen LogP contribution in [0, 0.1) is 0 Å². The third kappa shape index (κ3) is 2.87. The Hall–Kier alpha value is -1.33.